The zero-order chi connectivity index (χ0) is 12.4. The summed E-state index contributed by atoms with van der Waals surface area (Å²) < 4.78 is 11.7. The van der Waals surface area contributed by atoms with Crippen molar-refractivity contribution in [3.63, 3.8) is 0 Å². The van der Waals surface area contributed by atoms with Crippen LogP contribution in [0.1, 0.15) is 27.7 Å². The minimum absolute atomic E-state index is 0.360. The number of hydrogen-bond donors (Lipinski definition) is 0. The summed E-state index contributed by atoms with van der Waals surface area (Å²) in [6.45, 7) is 11.6. The topological polar surface area (TPSA) is 43.2 Å². The second-order valence-corrected chi connectivity index (χ2v) is 4.72. The smallest absolute Gasteiger partial charge is 0.398 e. The number of azo groups is 1. The van der Waals surface area contributed by atoms with Crippen LogP contribution in [0.15, 0.2) is 34.6 Å². The van der Waals surface area contributed by atoms with Gasteiger partial charge in [0.1, 0.15) is 0 Å². The van der Waals surface area contributed by atoms with E-state index in [0.717, 1.165) is 0 Å². The first-order valence-electron chi connectivity index (χ1n) is 5.32. The van der Waals surface area contributed by atoms with E-state index in [0.29, 0.717) is 5.60 Å². The van der Waals surface area contributed by atoms with Crippen molar-refractivity contribution in [1.29, 1.82) is 0 Å². The first-order valence-corrected chi connectivity index (χ1v) is 5.32. The van der Waals surface area contributed by atoms with E-state index >= 15 is 0 Å². The van der Waals surface area contributed by atoms with Gasteiger partial charge in [-0.05, 0) is 33.8 Å². The van der Waals surface area contributed by atoms with Crippen LogP contribution in [0.4, 0.5) is 0 Å². The summed E-state index contributed by atoms with van der Waals surface area (Å²) in [5.74, 6) is 0. The monoisotopic (exact) mass is 222 g/mol. The zero-order valence-electron chi connectivity index (χ0n) is 10.7. The van der Waals surface area contributed by atoms with Crippen molar-refractivity contribution in [2.75, 3.05) is 7.05 Å². The van der Waals surface area contributed by atoms with Gasteiger partial charge in [-0.2, -0.15) is 10.2 Å². The quantitative estimate of drug-likeness (QED) is 0.418. The summed E-state index contributed by atoms with van der Waals surface area (Å²) in [7, 11) is 1.13. The van der Waals surface area contributed by atoms with Crippen molar-refractivity contribution < 1.29 is 9.31 Å². The Hall–Kier alpha value is -0.935. The van der Waals surface area contributed by atoms with E-state index in [1.165, 1.54) is 0 Å². The predicted octanol–water partition coefficient (Wildman–Crippen LogP) is 2.77. The molecule has 0 radical (unpaired) electrons. The third-order valence-corrected chi connectivity index (χ3v) is 3.00. The maximum absolute atomic E-state index is 5.84. The molecule has 1 heterocycles. The average Bonchev–Trinajstić information content (AvgIpc) is 2.36. The van der Waals surface area contributed by atoms with Crippen molar-refractivity contribution >= 4 is 7.12 Å². The molecule has 16 heavy (non-hydrogen) atoms. The summed E-state index contributed by atoms with van der Waals surface area (Å²) in [6.07, 6.45) is 3.39. The molecule has 0 aromatic rings. The van der Waals surface area contributed by atoms with Crippen molar-refractivity contribution in [1.82, 2.24) is 0 Å². The van der Waals surface area contributed by atoms with Gasteiger partial charge in [0.05, 0.1) is 16.8 Å². The summed E-state index contributed by atoms with van der Waals surface area (Å²) in [5.41, 5.74) is -0.0845. The van der Waals surface area contributed by atoms with E-state index in [1.807, 2.05) is 27.7 Å². The molecule has 0 bridgehead atoms. The van der Waals surface area contributed by atoms with Crippen LogP contribution in [-0.4, -0.2) is 25.4 Å². The molecular formula is C11H19BN2O2. The molecule has 1 aliphatic rings. The van der Waals surface area contributed by atoms with E-state index in [4.69, 9.17) is 9.31 Å². The van der Waals surface area contributed by atoms with Crippen LogP contribution < -0.4 is 0 Å². The van der Waals surface area contributed by atoms with Gasteiger partial charge in [-0.3, -0.25) is 0 Å². The molecule has 1 aliphatic heterocycles. The van der Waals surface area contributed by atoms with Gasteiger partial charge in [0.15, 0.2) is 0 Å². The van der Waals surface area contributed by atoms with Crippen molar-refractivity contribution in [3.8, 4) is 0 Å². The highest BCUT2D eigenvalue weighted by Crippen LogP contribution is 2.38. The molecule has 0 aromatic heterocycles. The van der Waals surface area contributed by atoms with Crippen molar-refractivity contribution in [2.45, 2.75) is 38.9 Å². The van der Waals surface area contributed by atoms with Gasteiger partial charge in [-0.15, -0.1) is 0 Å². The van der Waals surface area contributed by atoms with Gasteiger partial charge in [0.2, 0.25) is 0 Å². The van der Waals surface area contributed by atoms with E-state index < -0.39 is 7.12 Å². The molecule has 0 spiro atoms. The third-order valence-electron chi connectivity index (χ3n) is 3.00. The summed E-state index contributed by atoms with van der Waals surface area (Å²) >= 11 is 0. The van der Waals surface area contributed by atoms with Crippen molar-refractivity contribution in [3.05, 3.63) is 24.3 Å². The number of hydrogen-bond acceptors (Lipinski definition) is 4. The summed E-state index contributed by atoms with van der Waals surface area (Å²) in [6, 6.07) is 0. The fraction of sp³-hybridized carbons (Fsp3) is 0.636. The minimum atomic E-state index is -0.480. The van der Waals surface area contributed by atoms with Crippen LogP contribution >= 0.6 is 0 Å². The molecule has 0 amide bonds. The zero-order valence-corrected chi connectivity index (χ0v) is 10.7. The SMILES string of the molecule is C=C/C=C(\N=NC)B1OC(C)(C)C(C)(C)O1. The van der Waals surface area contributed by atoms with Gasteiger partial charge in [-0.25, -0.2) is 0 Å². The van der Waals surface area contributed by atoms with Gasteiger partial charge >= 0.3 is 7.12 Å². The Morgan fingerprint density at radius 1 is 1.19 bits per heavy atom. The van der Waals surface area contributed by atoms with Crippen LogP contribution in [-0.2, 0) is 9.31 Å². The second kappa shape index (κ2) is 4.51. The van der Waals surface area contributed by atoms with Crippen LogP contribution in [0, 0.1) is 0 Å². The average molecular weight is 222 g/mol. The van der Waals surface area contributed by atoms with Crippen molar-refractivity contribution in [2.24, 2.45) is 10.2 Å². The first kappa shape index (κ1) is 13.1. The van der Waals surface area contributed by atoms with E-state index in [-0.39, 0.29) is 11.2 Å². The van der Waals surface area contributed by atoms with Crippen LogP contribution in [0.3, 0.4) is 0 Å². The van der Waals surface area contributed by atoms with Gasteiger partial charge in [0, 0.05) is 7.05 Å². The second-order valence-electron chi connectivity index (χ2n) is 4.72. The Labute approximate surface area is 97.6 Å². The molecule has 0 atom stereocenters. The van der Waals surface area contributed by atoms with Gasteiger partial charge in [0.25, 0.3) is 0 Å². The molecule has 1 fully saturated rings. The molecule has 5 heteroatoms. The summed E-state index contributed by atoms with van der Waals surface area (Å²) in [4.78, 5) is 0. The Kier molecular flexibility index (Phi) is 3.70. The van der Waals surface area contributed by atoms with Gasteiger partial charge in [-0.1, -0.05) is 12.7 Å². The van der Waals surface area contributed by atoms with E-state index in [9.17, 15) is 0 Å². The molecule has 4 nitrogen and oxygen atoms in total. The first-order chi connectivity index (χ1) is 7.34. The standard InChI is InChI=1S/C11H19BN2O2/c1-7-8-9(14-13-6)12-15-10(2,3)11(4,5)16-12/h7-8H,1H2,2-6H3/b9-8-,14-13?. The molecule has 0 saturated carbocycles. The molecule has 0 aliphatic carbocycles. The Bertz CT molecular complexity index is 319. The fourth-order valence-electron chi connectivity index (χ4n) is 1.36. The molecule has 1 rings (SSSR count). The van der Waals surface area contributed by atoms with Crippen LogP contribution in [0.2, 0.25) is 0 Å². The third kappa shape index (κ3) is 2.41. The maximum Gasteiger partial charge on any atom is 0.516 e. The highest BCUT2D eigenvalue weighted by atomic mass is 16.7. The molecular weight excluding hydrogens is 203 g/mol. The Balaban J connectivity index is 2.93. The lowest BCUT2D eigenvalue weighted by atomic mass is 9.84. The molecule has 0 N–H and O–H groups in total. The lowest BCUT2D eigenvalue weighted by Crippen LogP contribution is -2.41. The Morgan fingerprint density at radius 3 is 2.06 bits per heavy atom. The highest BCUT2D eigenvalue weighted by Gasteiger charge is 2.52. The predicted molar refractivity (Wildman–Crippen MR) is 65.1 cm³/mol. The minimum Gasteiger partial charge on any atom is -0.398 e. The lowest BCUT2D eigenvalue weighted by molar-refractivity contribution is 0.00578. The number of rotatable bonds is 3. The highest BCUT2D eigenvalue weighted by molar-refractivity contribution is 6.54. The summed E-state index contributed by atoms with van der Waals surface area (Å²) in [5, 5.41) is 7.74. The number of nitrogens with zero attached hydrogens (tertiary/aromatic N) is 2. The number of allylic oxidation sites excluding steroid dienone is 2. The normalized spacial score (nSPS) is 24.1. The van der Waals surface area contributed by atoms with Crippen LogP contribution in [0.5, 0.6) is 0 Å². The molecule has 0 aromatic carbocycles. The fourth-order valence-corrected chi connectivity index (χ4v) is 1.36. The Morgan fingerprint density at radius 2 is 1.69 bits per heavy atom. The largest absolute Gasteiger partial charge is 0.516 e. The maximum atomic E-state index is 5.84. The van der Waals surface area contributed by atoms with E-state index in [1.54, 1.807) is 19.2 Å². The molecule has 1 saturated heterocycles. The molecule has 88 valence electrons. The van der Waals surface area contributed by atoms with E-state index in [2.05, 4.69) is 16.8 Å². The molecule has 0 unspecified atom stereocenters. The van der Waals surface area contributed by atoms with Crippen LogP contribution in [0.25, 0.3) is 0 Å². The lowest BCUT2D eigenvalue weighted by Gasteiger charge is -2.32. The van der Waals surface area contributed by atoms with Gasteiger partial charge < -0.3 is 9.31 Å².